The van der Waals surface area contributed by atoms with Gasteiger partial charge in [-0.15, -0.1) is 0 Å². The first-order valence-corrected chi connectivity index (χ1v) is 11.7. The fraction of sp³-hybridized carbons (Fsp3) is 0.647. The minimum atomic E-state index is -3.72. The summed E-state index contributed by atoms with van der Waals surface area (Å²) in [5, 5.41) is 0. The average molecular weight is 374 g/mol. The van der Waals surface area contributed by atoms with Crippen LogP contribution in [-0.2, 0) is 19.9 Å². The molecule has 0 radical (unpaired) electrons. The summed E-state index contributed by atoms with van der Waals surface area (Å²) in [4.78, 5) is 0.233. The highest BCUT2D eigenvalue weighted by atomic mass is 32.2. The van der Waals surface area contributed by atoms with Crippen molar-refractivity contribution in [1.29, 1.82) is 0 Å². The molecule has 0 aliphatic carbocycles. The summed E-state index contributed by atoms with van der Waals surface area (Å²) in [7, 11) is -6.87. The van der Waals surface area contributed by atoms with E-state index >= 15 is 0 Å². The Kier molecular flexibility index (Phi) is 5.77. The van der Waals surface area contributed by atoms with Gasteiger partial charge in [-0.3, -0.25) is 0 Å². The number of nitrogens with zero attached hydrogens (tertiary/aromatic N) is 1. The van der Waals surface area contributed by atoms with Crippen molar-refractivity contribution in [2.75, 3.05) is 11.5 Å². The zero-order chi connectivity index (χ0) is 18.1. The standard InChI is InChI=1S/C17H27NO4S2/c1-5-14(4)18(16-10-11-23(19,20)12-16)24(21,22)17-8-6-15(7-9-17)13(2)3/h6-9,13-14,16H,5,10-12H2,1-4H3/t14-,16+/m1/s1. The topological polar surface area (TPSA) is 71.5 Å². The van der Waals surface area contributed by atoms with Gasteiger partial charge in [0.05, 0.1) is 16.4 Å². The molecule has 0 N–H and O–H groups in total. The van der Waals surface area contributed by atoms with E-state index in [2.05, 4.69) is 13.8 Å². The normalized spacial score (nSPS) is 22.2. The molecular weight excluding hydrogens is 346 g/mol. The number of hydrogen-bond donors (Lipinski definition) is 0. The summed E-state index contributed by atoms with van der Waals surface area (Å²) in [6, 6.07) is 6.21. The number of sulfonamides is 1. The van der Waals surface area contributed by atoms with Crippen LogP contribution in [0.5, 0.6) is 0 Å². The van der Waals surface area contributed by atoms with Gasteiger partial charge < -0.3 is 0 Å². The minimum Gasteiger partial charge on any atom is -0.229 e. The SMILES string of the molecule is CC[C@@H](C)N([C@H]1CCS(=O)(=O)C1)S(=O)(=O)c1ccc(C(C)C)cc1. The van der Waals surface area contributed by atoms with Gasteiger partial charge in [0.25, 0.3) is 0 Å². The second-order valence-corrected chi connectivity index (χ2v) is 10.9. The van der Waals surface area contributed by atoms with E-state index in [-0.39, 0.29) is 22.4 Å². The Morgan fingerprint density at radius 3 is 2.17 bits per heavy atom. The maximum Gasteiger partial charge on any atom is 0.243 e. The quantitative estimate of drug-likeness (QED) is 0.769. The lowest BCUT2D eigenvalue weighted by Gasteiger charge is -2.32. The molecule has 1 aromatic carbocycles. The van der Waals surface area contributed by atoms with E-state index in [0.717, 1.165) is 5.56 Å². The summed E-state index contributed by atoms with van der Waals surface area (Å²) in [6.07, 6.45) is 1.01. The highest BCUT2D eigenvalue weighted by Crippen LogP contribution is 2.29. The van der Waals surface area contributed by atoms with Gasteiger partial charge in [-0.1, -0.05) is 32.9 Å². The maximum atomic E-state index is 13.1. The zero-order valence-corrected chi connectivity index (χ0v) is 16.4. The first-order chi connectivity index (χ1) is 11.1. The third-order valence-electron chi connectivity index (χ3n) is 4.72. The summed E-state index contributed by atoms with van der Waals surface area (Å²) in [5.41, 5.74) is 1.08. The summed E-state index contributed by atoms with van der Waals surface area (Å²) >= 11 is 0. The molecule has 0 amide bonds. The Bertz CT molecular complexity index is 767. The van der Waals surface area contributed by atoms with Gasteiger partial charge in [0.1, 0.15) is 0 Å². The molecule has 1 fully saturated rings. The van der Waals surface area contributed by atoms with Crippen molar-refractivity contribution in [3.63, 3.8) is 0 Å². The lowest BCUT2D eigenvalue weighted by atomic mass is 10.0. The summed E-state index contributed by atoms with van der Waals surface area (Å²) < 4.78 is 51.3. The van der Waals surface area contributed by atoms with E-state index in [9.17, 15) is 16.8 Å². The Hall–Kier alpha value is -0.920. The van der Waals surface area contributed by atoms with Crippen molar-refractivity contribution in [2.45, 2.75) is 63.4 Å². The third kappa shape index (κ3) is 4.00. The van der Waals surface area contributed by atoms with Crippen molar-refractivity contribution in [3.05, 3.63) is 29.8 Å². The fourth-order valence-electron chi connectivity index (χ4n) is 3.10. The van der Waals surface area contributed by atoms with Gasteiger partial charge >= 0.3 is 0 Å². The van der Waals surface area contributed by atoms with Gasteiger partial charge in [0, 0.05) is 12.1 Å². The van der Waals surface area contributed by atoms with Crippen LogP contribution in [0.4, 0.5) is 0 Å². The Morgan fingerprint density at radius 2 is 1.75 bits per heavy atom. The van der Waals surface area contributed by atoms with Gasteiger partial charge in [-0.05, 0) is 43.4 Å². The van der Waals surface area contributed by atoms with E-state index in [4.69, 9.17) is 0 Å². The monoisotopic (exact) mass is 373 g/mol. The van der Waals surface area contributed by atoms with Crippen LogP contribution in [0, 0.1) is 0 Å². The largest absolute Gasteiger partial charge is 0.243 e. The van der Waals surface area contributed by atoms with Crippen molar-refractivity contribution in [2.24, 2.45) is 0 Å². The first kappa shape index (κ1) is 19.4. The predicted molar refractivity (Wildman–Crippen MR) is 96.4 cm³/mol. The van der Waals surface area contributed by atoms with Crippen LogP contribution in [0.1, 0.15) is 52.0 Å². The van der Waals surface area contributed by atoms with E-state index in [1.54, 1.807) is 12.1 Å². The summed E-state index contributed by atoms with van der Waals surface area (Å²) in [5.74, 6) is 0.306. The van der Waals surface area contributed by atoms with Crippen LogP contribution < -0.4 is 0 Å². The molecule has 0 saturated carbocycles. The number of rotatable bonds is 6. The average Bonchev–Trinajstić information content (AvgIpc) is 2.86. The Balaban J connectivity index is 2.40. The molecule has 0 bridgehead atoms. The van der Waals surface area contributed by atoms with E-state index in [1.807, 2.05) is 26.0 Å². The van der Waals surface area contributed by atoms with Crippen molar-refractivity contribution < 1.29 is 16.8 Å². The van der Waals surface area contributed by atoms with Crippen molar-refractivity contribution in [1.82, 2.24) is 4.31 Å². The predicted octanol–water partition coefficient (Wildman–Crippen LogP) is 2.79. The number of hydrogen-bond acceptors (Lipinski definition) is 4. The van der Waals surface area contributed by atoms with Crippen molar-refractivity contribution >= 4 is 19.9 Å². The molecule has 1 saturated heterocycles. The van der Waals surface area contributed by atoms with Crippen LogP contribution in [0.2, 0.25) is 0 Å². The highest BCUT2D eigenvalue weighted by molar-refractivity contribution is 7.92. The van der Waals surface area contributed by atoms with E-state index in [0.29, 0.717) is 18.8 Å². The van der Waals surface area contributed by atoms with Crippen LogP contribution >= 0.6 is 0 Å². The van der Waals surface area contributed by atoms with Gasteiger partial charge in [-0.2, -0.15) is 4.31 Å². The molecule has 1 aliphatic rings. The fourth-order valence-corrected chi connectivity index (χ4v) is 6.82. The van der Waals surface area contributed by atoms with Crippen LogP contribution in [0.25, 0.3) is 0 Å². The lowest BCUT2D eigenvalue weighted by Crippen LogP contribution is -2.46. The molecule has 0 spiro atoms. The number of benzene rings is 1. The van der Waals surface area contributed by atoms with Gasteiger partial charge in [0.2, 0.25) is 10.0 Å². The molecule has 0 unspecified atom stereocenters. The molecule has 1 heterocycles. The summed E-state index contributed by atoms with van der Waals surface area (Å²) in [6.45, 7) is 7.86. The maximum absolute atomic E-state index is 13.1. The molecule has 2 atom stereocenters. The van der Waals surface area contributed by atoms with E-state index < -0.39 is 25.9 Å². The molecule has 5 nitrogen and oxygen atoms in total. The molecular formula is C17H27NO4S2. The first-order valence-electron chi connectivity index (χ1n) is 8.42. The van der Waals surface area contributed by atoms with Gasteiger partial charge in [-0.25, -0.2) is 16.8 Å². The van der Waals surface area contributed by atoms with Crippen LogP contribution in [0.3, 0.4) is 0 Å². The third-order valence-corrected chi connectivity index (χ3v) is 8.55. The van der Waals surface area contributed by atoms with E-state index in [1.165, 1.54) is 4.31 Å². The molecule has 2 rings (SSSR count). The smallest absolute Gasteiger partial charge is 0.229 e. The van der Waals surface area contributed by atoms with Crippen LogP contribution in [-0.4, -0.2) is 44.7 Å². The van der Waals surface area contributed by atoms with Gasteiger partial charge in [0.15, 0.2) is 9.84 Å². The molecule has 136 valence electrons. The Morgan fingerprint density at radius 1 is 1.17 bits per heavy atom. The van der Waals surface area contributed by atoms with Crippen molar-refractivity contribution in [3.8, 4) is 0 Å². The Labute approximate surface area is 146 Å². The minimum absolute atomic E-state index is 0.0619. The lowest BCUT2D eigenvalue weighted by molar-refractivity contribution is 0.271. The zero-order valence-electron chi connectivity index (χ0n) is 14.8. The second-order valence-electron chi connectivity index (χ2n) is 6.87. The molecule has 1 aliphatic heterocycles. The second kappa shape index (κ2) is 7.14. The highest BCUT2D eigenvalue weighted by Gasteiger charge is 2.40. The molecule has 1 aromatic rings. The molecule has 0 aromatic heterocycles. The van der Waals surface area contributed by atoms with Crippen LogP contribution in [0.15, 0.2) is 29.2 Å². The molecule has 7 heteroatoms. The number of sulfone groups is 1. The molecule has 24 heavy (non-hydrogen) atoms.